The summed E-state index contributed by atoms with van der Waals surface area (Å²) < 4.78 is 12.2. The summed E-state index contributed by atoms with van der Waals surface area (Å²) in [6.07, 6.45) is 19.5. The van der Waals surface area contributed by atoms with Crippen LogP contribution in [0.15, 0.2) is 173 Å². The van der Waals surface area contributed by atoms with Crippen LogP contribution in [-0.2, 0) is 14.3 Å². The van der Waals surface area contributed by atoms with Crippen molar-refractivity contribution < 1.29 is 33.8 Å². The lowest BCUT2D eigenvalue weighted by Crippen LogP contribution is -2.23. The van der Waals surface area contributed by atoms with E-state index in [1.165, 1.54) is 31.7 Å². The number of rotatable bonds is 21. The minimum absolute atomic E-state index is 0.0105. The lowest BCUT2D eigenvalue weighted by molar-refractivity contribution is -0.142. The number of aliphatic hydroxyl groups is 1. The molecule has 9 rings (SSSR count). The van der Waals surface area contributed by atoms with Crippen molar-refractivity contribution in [2.24, 2.45) is 44.6 Å². The number of hydrogen-bond donors (Lipinski definition) is 2. The molecule has 412 valence electrons. The van der Waals surface area contributed by atoms with Crippen molar-refractivity contribution in [3.8, 4) is 0 Å². The maximum atomic E-state index is 14.0. The Morgan fingerprint density at radius 3 is 2.16 bits per heavy atom. The molecular formula is C68H78N4O7. The van der Waals surface area contributed by atoms with Crippen molar-refractivity contribution in [3.63, 3.8) is 0 Å². The third kappa shape index (κ3) is 11.7. The van der Waals surface area contributed by atoms with Gasteiger partial charge < -0.3 is 19.9 Å². The molecule has 2 aliphatic carbocycles. The number of nitrogens with one attached hydrogen (secondary N) is 1. The molecule has 5 aliphatic heterocycles. The number of ether oxygens (including phenoxy) is 2. The second-order valence-electron chi connectivity index (χ2n) is 23.3. The Balaban J connectivity index is 0.916. The van der Waals surface area contributed by atoms with Gasteiger partial charge in [-0.05, 0) is 142 Å². The summed E-state index contributed by atoms with van der Waals surface area (Å²) in [5.41, 5.74) is 15.6. The fourth-order valence-electron chi connectivity index (χ4n) is 12.3. The summed E-state index contributed by atoms with van der Waals surface area (Å²) in [5.74, 6) is 0.371. The van der Waals surface area contributed by atoms with Crippen LogP contribution in [0, 0.1) is 29.6 Å². The molecule has 0 amide bonds. The number of hydrogen-bond acceptors (Lipinski definition) is 11. The van der Waals surface area contributed by atoms with Gasteiger partial charge in [-0.3, -0.25) is 14.4 Å². The molecule has 0 spiro atoms. The Morgan fingerprint density at radius 2 is 1.47 bits per heavy atom. The van der Waals surface area contributed by atoms with Gasteiger partial charge in [0.15, 0.2) is 11.6 Å². The highest BCUT2D eigenvalue weighted by Crippen LogP contribution is 2.47. The lowest BCUT2D eigenvalue weighted by atomic mass is 9.83. The van der Waals surface area contributed by atoms with Gasteiger partial charge in [0.25, 0.3) is 0 Å². The number of carbonyl (C=O) groups excluding carboxylic acids is 4. The molecule has 11 nitrogen and oxygen atoms in total. The summed E-state index contributed by atoms with van der Waals surface area (Å²) in [6, 6.07) is 11.3. The SMILES string of the molecule is C=CC1=C(C)C2=NC1=CC1=NC(=CC3=C(C)C4=C(O)CC(=C5NC(=C2)[C@@H](C)[C@@H]5CCC(=O)OC/C=C(\C)[C@@H](CC[C@H](C)CCC[C@H](C)CCCC(C)C)OC(=O)c2ccc5c(c2)C(=O)c2ccccc2C5=O)C4=N3)C(CC)=C1C. The third-order valence-electron chi connectivity index (χ3n) is 17.3. The quantitative estimate of drug-likeness (QED) is 0.0789. The third-order valence-corrected chi connectivity index (χ3v) is 17.3. The van der Waals surface area contributed by atoms with Crippen LogP contribution in [0.1, 0.15) is 188 Å². The summed E-state index contributed by atoms with van der Waals surface area (Å²) >= 11 is 0. The van der Waals surface area contributed by atoms with Crippen molar-refractivity contribution >= 4 is 40.6 Å². The normalized spacial score (nSPS) is 20.7. The van der Waals surface area contributed by atoms with Gasteiger partial charge >= 0.3 is 11.9 Å². The van der Waals surface area contributed by atoms with E-state index < -0.39 is 12.1 Å². The number of esters is 2. The predicted octanol–water partition coefficient (Wildman–Crippen LogP) is 15.2. The molecule has 1 fully saturated rings. The van der Waals surface area contributed by atoms with Gasteiger partial charge in [-0.2, -0.15) is 0 Å². The summed E-state index contributed by atoms with van der Waals surface area (Å²) in [6.45, 7) is 25.7. The highest BCUT2D eigenvalue weighted by atomic mass is 16.5. The molecule has 11 heteroatoms. The predicted molar refractivity (Wildman–Crippen MR) is 315 cm³/mol. The van der Waals surface area contributed by atoms with Crippen molar-refractivity contribution in [2.75, 3.05) is 6.61 Å². The zero-order chi connectivity index (χ0) is 56.4. The fourth-order valence-corrected chi connectivity index (χ4v) is 12.3. The molecule has 1 saturated heterocycles. The molecule has 8 bridgehead atoms. The van der Waals surface area contributed by atoms with E-state index in [-0.39, 0.29) is 64.8 Å². The average molecular weight is 1060 g/mol. The molecule has 2 N–H and O–H groups in total. The molecular weight excluding hydrogens is 985 g/mol. The van der Waals surface area contributed by atoms with E-state index in [2.05, 4.69) is 73.4 Å². The molecule has 0 radical (unpaired) electrons. The summed E-state index contributed by atoms with van der Waals surface area (Å²) in [5, 5.41) is 15.4. The average Bonchev–Trinajstić information content (AvgIpc) is 4.29. The van der Waals surface area contributed by atoms with E-state index in [0.29, 0.717) is 42.2 Å². The molecule has 0 unspecified atom stereocenters. The van der Waals surface area contributed by atoms with Crippen LogP contribution >= 0.6 is 0 Å². The Morgan fingerprint density at radius 1 is 0.810 bits per heavy atom. The topological polar surface area (TPSA) is 156 Å². The monoisotopic (exact) mass is 1060 g/mol. The van der Waals surface area contributed by atoms with Crippen molar-refractivity contribution in [1.29, 1.82) is 0 Å². The van der Waals surface area contributed by atoms with E-state index in [1.54, 1.807) is 36.4 Å². The molecule has 2 aromatic carbocycles. The first-order valence-electron chi connectivity index (χ1n) is 28.8. The van der Waals surface area contributed by atoms with Crippen molar-refractivity contribution in [3.05, 3.63) is 186 Å². The first-order valence-corrected chi connectivity index (χ1v) is 28.8. The summed E-state index contributed by atoms with van der Waals surface area (Å²) in [4.78, 5) is 70.3. The Labute approximate surface area is 467 Å². The first-order chi connectivity index (χ1) is 37.9. The number of benzene rings is 2. The highest BCUT2D eigenvalue weighted by Gasteiger charge is 2.42. The van der Waals surface area contributed by atoms with Gasteiger partial charge in [0.2, 0.25) is 0 Å². The molecule has 7 aliphatic rings. The Kier molecular flexibility index (Phi) is 17.1. The van der Waals surface area contributed by atoms with Crippen LogP contribution in [0.2, 0.25) is 0 Å². The largest absolute Gasteiger partial charge is 0.511 e. The van der Waals surface area contributed by atoms with Crippen molar-refractivity contribution in [2.45, 2.75) is 152 Å². The maximum Gasteiger partial charge on any atom is 0.338 e. The summed E-state index contributed by atoms with van der Waals surface area (Å²) in [7, 11) is 0. The van der Waals surface area contributed by atoms with E-state index in [1.807, 2.05) is 38.2 Å². The van der Waals surface area contributed by atoms with E-state index in [0.717, 1.165) is 122 Å². The van der Waals surface area contributed by atoms with Gasteiger partial charge in [0, 0.05) is 75.0 Å². The zero-order valence-corrected chi connectivity index (χ0v) is 48.0. The molecule has 5 heterocycles. The van der Waals surface area contributed by atoms with E-state index >= 15 is 0 Å². The second-order valence-corrected chi connectivity index (χ2v) is 23.3. The number of fused-ring (bicyclic) bond motifs is 7. The van der Waals surface area contributed by atoms with Crippen LogP contribution in [0.4, 0.5) is 0 Å². The van der Waals surface area contributed by atoms with Gasteiger partial charge in [-0.1, -0.05) is 117 Å². The molecule has 0 aromatic heterocycles. The van der Waals surface area contributed by atoms with Gasteiger partial charge in [0.05, 0.1) is 39.8 Å². The van der Waals surface area contributed by atoms with Crippen LogP contribution < -0.4 is 5.32 Å². The van der Waals surface area contributed by atoms with Gasteiger partial charge in [0.1, 0.15) is 18.5 Å². The minimum Gasteiger partial charge on any atom is -0.511 e. The van der Waals surface area contributed by atoms with Gasteiger partial charge in [-0.15, -0.1) is 0 Å². The molecule has 79 heavy (non-hydrogen) atoms. The van der Waals surface area contributed by atoms with Crippen LogP contribution in [-0.4, -0.2) is 58.5 Å². The number of allylic oxidation sites excluding steroid dienone is 12. The fraction of sp³-hybridized carbons (Fsp3) is 0.426. The van der Waals surface area contributed by atoms with E-state index in [9.17, 15) is 24.3 Å². The zero-order valence-electron chi connectivity index (χ0n) is 48.0. The number of aliphatic imine (C=N–C) groups is 3. The Hall–Kier alpha value is -7.27. The van der Waals surface area contributed by atoms with Crippen molar-refractivity contribution in [1.82, 2.24) is 5.32 Å². The van der Waals surface area contributed by atoms with Gasteiger partial charge in [-0.25, -0.2) is 19.8 Å². The number of ketones is 2. The number of nitrogens with zero attached hydrogens (tertiary/aromatic N) is 3. The molecule has 5 atom stereocenters. The molecule has 2 aromatic rings. The smallest absolute Gasteiger partial charge is 0.338 e. The second kappa shape index (κ2) is 24.0. The van der Waals surface area contributed by atoms with Crippen LogP contribution in [0.25, 0.3) is 0 Å². The maximum absolute atomic E-state index is 14.0. The highest BCUT2D eigenvalue weighted by molar-refractivity contribution is 6.29. The van der Waals surface area contributed by atoms with Crippen LogP contribution in [0.3, 0.4) is 0 Å². The minimum atomic E-state index is -0.620. The molecule has 0 saturated carbocycles. The number of aliphatic hydroxyl groups excluding tert-OH is 1. The standard InChI is InChI=1S/C68H78N4O7/c1-12-46-41(8)54-34-56-43(10)48(64(71-56)53-33-60(73)63-44(11)57(72-65(53)63)36-59-47(13-2)42(9)55(70-59)35-58(46)69-54)27-29-62(74)78-31-30-40(7)61(28-24-39(6)21-17-20-38(5)19-16-18-37(3)4)79-68(77)45-25-26-51-52(32-45)67(76)50-23-15-14-22-49(50)66(51)75/h12,14-15,22-23,25-26,30,32,34-39,43,48,61,71,73H,1,13,16-21,24,27-29,31,33H2,2-11H3/b40-30+,56-34?,58-35?,59-36?,64-53?/t38-,39-,43+,48+,61-/m1/s1. The van der Waals surface area contributed by atoms with E-state index in [4.69, 9.17) is 24.5 Å². The Bertz CT molecular complexity index is 3320. The first kappa shape index (κ1) is 56.5. The lowest BCUT2D eigenvalue weighted by Gasteiger charge is -2.22. The van der Waals surface area contributed by atoms with Crippen LogP contribution in [0.5, 0.6) is 0 Å². The number of carbonyl (C=O) groups is 4.